The molecule has 0 aromatic heterocycles. The first-order chi connectivity index (χ1) is 8.20. The smallest absolute Gasteiger partial charge is 0.148 e. The zero-order chi connectivity index (χ0) is 12.3. The quantitative estimate of drug-likeness (QED) is 0.752. The van der Waals surface area contributed by atoms with E-state index in [-0.39, 0.29) is 5.82 Å². The van der Waals surface area contributed by atoms with Crippen LogP contribution in [0.15, 0.2) is 18.2 Å². The molecule has 0 aliphatic carbocycles. The van der Waals surface area contributed by atoms with Crippen molar-refractivity contribution in [1.82, 2.24) is 4.90 Å². The summed E-state index contributed by atoms with van der Waals surface area (Å²) in [6, 6.07) is 4.87. The molecule has 0 saturated carbocycles. The van der Waals surface area contributed by atoms with Gasteiger partial charge in [-0.25, -0.2) is 4.39 Å². The highest BCUT2D eigenvalue weighted by molar-refractivity contribution is 5.54. The van der Waals surface area contributed by atoms with E-state index in [0.29, 0.717) is 17.9 Å². The molecule has 2 rings (SSSR count). The summed E-state index contributed by atoms with van der Waals surface area (Å²) in [6.07, 6.45) is 0. The first-order valence-corrected chi connectivity index (χ1v) is 5.93. The first kappa shape index (κ1) is 12.1. The lowest BCUT2D eigenvalue weighted by molar-refractivity contribution is 0.264. The van der Waals surface area contributed by atoms with Gasteiger partial charge in [0.2, 0.25) is 0 Å². The summed E-state index contributed by atoms with van der Waals surface area (Å²) in [7, 11) is 0. The number of nitrogens with two attached hydrogens (primary N) is 2. The van der Waals surface area contributed by atoms with Crippen LogP contribution in [-0.4, -0.2) is 44.2 Å². The van der Waals surface area contributed by atoms with Crippen LogP contribution in [-0.2, 0) is 0 Å². The normalized spacial score (nSPS) is 17.4. The van der Waals surface area contributed by atoms with Crippen molar-refractivity contribution in [2.24, 2.45) is 5.73 Å². The molecule has 1 heterocycles. The van der Waals surface area contributed by atoms with E-state index in [1.165, 1.54) is 6.07 Å². The predicted octanol–water partition coefficient (Wildman–Crippen LogP) is 0.489. The third-order valence-electron chi connectivity index (χ3n) is 3.13. The molecule has 1 aromatic carbocycles. The van der Waals surface area contributed by atoms with Gasteiger partial charge < -0.3 is 16.4 Å². The van der Waals surface area contributed by atoms with E-state index in [1.54, 1.807) is 12.1 Å². The summed E-state index contributed by atoms with van der Waals surface area (Å²) in [4.78, 5) is 4.35. The van der Waals surface area contributed by atoms with E-state index in [4.69, 9.17) is 11.5 Å². The van der Waals surface area contributed by atoms with Gasteiger partial charge in [0.1, 0.15) is 5.82 Å². The van der Waals surface area contributed by atoms with Gasteiger partial charge in [0.05, 0.1) is 5.69 Å². The van der Waals surface area contributed by atoms with E-state index in [0.717, 1.165) is 32.7 Å². The number of hydrogen-bond donors (Lipinski definition) is 2. The van der Waals surface area contributed by atoms with E-state index in [2.05, 4.69) is 9.80 Å². The van der Waals surface area contributed by atoms with Crippen molar-refractivity contribution in [3.05, 3.63) is 24.0 Å². The second-order valence-corrected chi connectivity index (χ2v) is 4.33. The van der Waals surface area contributed by atoms with Gasteiger partial charge in [-0.1, -0.05) is 0 Å². The number of hydrogen-bond acceptors (Lipinski definition) is 4. The van der Waals surface area contributed by atoms with Crippen molar-refractivity contribution in [2.75, 3.05) is 49.9 Å². The van der Waals surface area contributed by atoms with Crippen molar-refractivity contribution in [3.8, 4) is 0 Å². The minimum atomic E-state index is -0.239. The molecule has 0 radical (unpaired) electrons. The van der Waals surface area contributed by atoms with Gasteiger partial charge in [0, 0.05) is 45.0 Å². The molecule has 0 atom stereocenters. The van der Waals surface area contributed by atoms with E-state index in [1.807, 2.05) is 0 Å². The van der Waals surface area contributed by atoms with Gasteiger partial charge in [-0.2, -0.15) is 0 Å². The summed E-state index contributed by atoms with van der Waals surface area (Å²) in [5.41, 5.74) is 12.2. The largest absolute Gasteiger partial charge is 0.399 e. The molecule has 0 amide bonds. The van der Waals surface area contributed by atoms with Gasteiger partial charge in [0.15, 0.2) is 0 Å². The number of benzene rings is 1. The summed E-state index contributed by atoms with van der Waals surface area (Å²) in [5.74, 6) is -0.239. The van der Waals surface area contributed by atoms with Gasteiger partial charge in [-0.05, 0) is 18.2 Å². The van der Waals surface area contributed by atoms with Crippen molar-refractivity contribution >= 4 is 11.4 Å². The topological polar surface area (TPSA) is 58.5 Å². The molecule has 1 aliphatic heterocycles. The molecule has 1 aliphatic rings. The average Bonchev–Trinajstić information content (AvgIpc) is 2.31. The molecule has 94 valence electrons. The molecule has 0 bridgehead atoms. The first-order valence-electron chi connectivity index (χ1n) is 5.93. The van der Waals surface area contributed by atoms with Gasteiger partial charge >= 0.3 is 0 Å². The number of halogens is 1. The molecule has 0 unspecified atom stereocenters. The number of nitrogen functional groups attached to an aromatic ring is 1. The van der Waals surface area contributed by atoms with Crippen molar-refractivity contribution in [3.63, 3.8) is 0 Å². The minimum absolute atomic E-state index is 0.239. The molecule has 5 heteroatoms. The monoisotopic (exact) mass is 238 g/mol. The van der Waals surface area contributed by atoms with Gasteiger partial charge in [-0.3, -0.25) is 4.90 Å². The van der Waals surface area contributed by atoms with Crippen molar-refractivity contribution < 1.29 is 4.39 Å². The lowest BCUT2D eigenvalue weighted by Crippen LogP contribution is -2.48. The third-order valence-corrected chi connectivity index (χ3v) is 3.13. The third kappa shape index (κ3) is 2.87. The standard InChI is InChI=1S/C12H19FN4/c13-11-9-10(15)1-2-12(11)17-7-5-16(4-3-14)6-8-17/h1-2,9H,3-8,14-15H2. The van der Waals surface area contributed by atoms with Gasteiger partial charge in [0.25, 0.3) is 0 Å². The Morgan fingerprint density at radius 1 is 1.18 bits per heavy atom. The molecule has 1 saturated heterocycles. The Hall–Kier alpha value is -1.33. The van der Waals surface area contributed by atoms with E-state index >= 15 is 0 Å². The summed E-state index contributed by atoms with van der Waals surface area (Å²) >= 11 is 0. The van der Waals surface area contributed by atoms with Crippen LogP contribution in [0, 0.1) is 5.82 Å². The van der Waals surface area contributed by atoms with Crippen LogP contribution in [0.3, 0.4) is 0 Å². The zero-order valence-electron chi connectivity index (χ0n) is 9.90. The molecule has 4 N–H and O–H groups in total. The average molecular weight is 238 g/mol. The van der Waals surface area contributed by atoms with Crippen LogP contribution < -0.4 is 16.4 Å². The fourth-order valence-corrected chi connectivity index (χ4v) is 2.17. The molecule has 1 aromatic rings. The lowest BCUT2D eigenvalue weighted by atomic mass is 10.2. The highest BCUT2D eigenvalue weighted by Gasteiger charge is 2.18. The highest BCUT2D eigenvalue weighted by atomic mass is 19.1. The number of rotatable bonds is 3. The van der Waals surface area contributed by atoms with E-state index < -0.39 is 0 Å². The molecule has 17 heavy (non-hydrogen) atoms. The Balaban J connectivity index is 2.00. The maximum absolute atomic E-state index is 13.7. The fraction of sp³-hybridized carbons (Fsp3) is 0.500. The predicted molar refractivity (Wildman–Crippen MR) is 68.5 cm³/mol. The van der Waals surface area contributed by atoms with Crippen LogP contribution in [0.4, 0.5) is 15.8 Å². The van der Waals surface area contributed by atoms with Crippen LogP contribution in [0.25, 0.3) is 0 Å². The van der Waals surface area contributed by atoms with Crippen LogP contribution >= 0.6 is 0 Å². The Kier molecular flexibility index (Phi) is 3.81. The highest BCUT2D eigenvalue weighted by Crippen LogP contribution is 2.22. The number of anilines is 2. The zero-order valence-corrected chi connectivity index (χ0v) is 9.90. The van der Waals surface area contributed by atoms with E-state index in [9.17, 15) is 4.39 Å². The van der Waals surface area contributed by atoms with Crippen molar-refractivity contribution in [2.45, 2.75) is 0 Å². The molecule has 0 spiro atoms. The van der Waals surface area contributed by atoms with Crippen LogP contribution in [0.1, 0.15) is 0 Å². The Morgan fingerprint density at radius 3 is 2.47 bits per heavy atom. The SMILES string of the molecule is NCCN1CCN(c2ccc(N)cc2F)CC1. The summed E-state index contributed by atoms with van der Waals surface area (Å²) in [6.45, 7) is 5.12. The molecule has 1 fully saturated rings. The number of piperazine rings is 1. The maximum atomic E-state index is 13.7. The second-order valence-electron chi connectivity index (χ2n) is 4.33. The summed E-state index contributed by atoms with van der Waals surface area (Å²) < 4.78 is 13.7. The Bertz CT molecular complexity index is 375. The molecule has 4 nitrogen and oxygen atoms in total. The minimum Gasteiger partial charge on any atom is -0.399 e. The van der Waals surface area contributed by atoms with Crippen molar-refractivity contribution in [1.29, 1.82) is 0 Å². The molecular formula is C12H19FN4. The van der Waals surface area contributed by atoms with Crippen LogP contribution in [0.5, 0.6) is 0 Å². The summed E-state index contributed by atoms with van der Waals surface area (Å²) in [5, 5.41) is 0. The fourth-order valence-electron chi connectivity index (χ4n) is 2.17. The van der Waals surface area contributed by atoms with Crippen LogP contribution in [0.2, 0.25) is 0 Å². The lowest BCUT2D eigenvalue weighted by Gasteiger charge is -2.36. The molecular weight excluding hydrogens is 219 g/mol. The second kappa shape index (κ2) is 5.33. The Morgan fingerprint density at radius 2 is 1.88 bits per heavy atom. The number of nitrogens with zero attached hydrogens (tertiary/aromatic N) is 2. The maximum Gasteiger partial charge on any atom is 0.148 e. The Labute approximate surface area is 101 Å². The van der Waals surface area contributed by atoms with Gasteiger partial charge in [-0.15, -0.1) is 0 Å².